The Labute approximate surface area is 450 Å². The van der Waals surface area contributed by atoms with Crippen LogP contribution in [0.4, 0.5) is 8.78 Å². The molecule has 3 unspecified atom stereocenters. The fourth-order valence-corrected chi connectivity index (χ4v) is 12.0. The molecule has 5 rings (SSSR count). The lowest BCUT2D eigenvalue weighted by Gasteiger charge is -2.35. The summed E-state index contributed by atoms with van der Waals surface area (Å²) in [4.78, 5) is 12.8. The first-order valence-electron chi connectivity index (χ1n) is 30.3. The Morgan fingerprint density at radius 3 is 1.15 bits per heavy atom. The minimum absolute atomic E-state index is 0.0914. The molecule has 5 heterocycles. The molecule has 0 saturated carbocycles. The second-order valence-corrected chi connectivity index (χ2v) is 30.7. The van der Waals surface area contributed by atoms with E-state index in [0.717, 1.165) is 38.4 Å². The summed E-state index contributed by atoms with van der Waals surface area (Å²) in [6.45, 7) is 62.8. The van der Waals surface area contributed by atoms with Gasteiger partial charge in [-0.05, 0) is 282 Å². The van der Waals surface area contributed by atoms with Gasteiger partial charge in [-0.25, -0.2) is 8.78 Å². The zero-order valence-electron chi connectivity index (χ0n) is 52.9. The van der Waals surface area contributed by atoms with Crippen LogP contribution in [0.1, 0.15) is 274 Å². The van der Waals surface area contributed by atoms with Crippen molar-refractivity contribution in [3.8, 4) is 0 Å². The average molecular weight is 1020 g/mol. The summed E-state index contributed by atoms with van der Waals surface area (Å²) in [5, 5.41) is 0. The zero-order valence-corrected chi connectivity index (χ0v) is 52.9. The van der Waals surface area contributed by atoms with Gasteiger partial charge in [0.2, 0.25) is 6.43 Å². The molecular weight excluding hydrogens is 893 g/mol. The lowest BCUT2D eigenvalue weighted by atomic mass is 9.80. The lowest BCUT2D eigenvalue weighted by molar-refractivity contribution is 0.0949. The van der Waals surface area contributed by atoms with Gasteiger partial charge >= 0.3 is 0 Å². The number of nitrogens with zero attached hydrogens (tertiary/aromatic N) is 5. The van der Waals surface area contributed by atoms with Gasteiger partial charge in [0.15, 0.2) is 0 Å². The van der Waals surface area contributed by atoms with Gasteiger partial charge < -0.3 is 11.5 Å². The van der Waals surface area contributed by atoms with Gasteiger partial charge in [0.05, 0.1) is 0 Å². The summed E-state index contributed by atoms with van der Waals surface area (Å²) in [6, 6.07) is 0. The van der Waals surface area contributed by atoms with Gasteiger partial charge in [-0.2, -0.15) is 0 Å². The van der Waals surface area contributed by atoms with E-state index in [1.165, 1.54) is 136 Å². The molecular formula is C63H131F2N7. The highest BCUT2D eigenvalue weighted by atomic mass is 19.3. The van der Waals surface area contributed by atoms with Gasteiger partial charge in [-0.15, -0.1) is 0 Å². The van der Waals surface area contributed by atoms with Crippen LogP contribution in [0.3, 0.4) is 0 Å². The fraction of sp³-hybridized carbons (Fsp3) is 1.00. The van der Waals surface area contributed by atoms with Crippen LogP contribution in [0.2, 0.25) is 0 Å². The van der Waals surface area contributed by atoms with Crippen molar-refractivity contribution in [2.45, 2.75) is 320 Å². The topological polar surface area (TPSA) is 68.2 Å². The van der Waals surface area contributed by atoms with Crippen LogP contribution in [-0.4, -0.2) is 135 Å². The summed E-state index contributed by atoms with van der Waals surface area (Å²) in [7, 11) is 0. The highest BCUT2D eigenvalue weighted by molar-refractivity contribution is 4.93. The van der Waals surface area contributed by atoms with Gasteiger partial charge in [0, 0.05) is 58.3 Å². The molecule has 72 heavy (non-hydrogen) atoms. The van der Waals surface area contributed by atoms with Crippen molar-refractivity contribution >= 4 is 0 Å². The van der Waals surface area contributed by atoms with Crippen LogP contribution >= 0.6 is 0 Å². The molecule has 9 heteroatoms. The first kappa shape index (κ1) is 69.6. The van der Waals surface area contributed by atoms with Crippen LogP contribution < -0.4 is 11.5 Å². The number of nitrogens with two attached hydrogens (primary N) is 2. The fourth-order valence-electron chi connectivity index (χ4n) is 12.0. The Hall–Kier alpha value is -0.420. The molecule has 0 amide bonds. The second kappa shape index (κ2) is 30.1. The Balaban J connectivity index is 0.000000451. The van der Waals surface area contributed by atoms with Crippen LogP contribution in [-0.2, 0) is 0 Å². The Kier molecular flexibility index (Phi) is 29.1. The summed E-state index contributed by atoms with van der Waals surface area (Å²) in [5.41, 5.74) is 14.7. The van der Waals surface area contributed by atoms with E-state index in [0.29, 0.717) is 51.7 Å². The second-order valence-electron chi connectivity index (χ2n) is 30.7. The lowest BCUT2D eigenvalue weighted by Crippen LogP contribution is -2.45. The molecule has 0 aromatic heterocycles. The SMILES string of the molecule is CC(C)(C)N1CCC[C@](N)(CC(F)F)CC1.CC(C)CC1(N)CCCN(C(C)(C)C)CC1.CC1(C)CCCN(C(C)(C)C)CC1.CCC1(C)CCCN(C(C)(C)C)CC1.CCC1CCCN(C(C)(C)C)CC1. The van der Waals surface area contributed by atoms with Crippen molar-refractivity contribution in [2.24, 2.45) is 34.1 Å². The predicted molar refractivity (Wildman–Crippen MR) is 316 cm³/mol. The van der Waals surface area contributed by atoms with E-state index >= 15 is 0 Å². The Morgan fingerprint density at radius 2 is 0.778 bits per heavy atom. The minimum atomic E-state index is -2.29. The molecule has 0 bridgehead atoms. The molecule has 0 spiro atoms. The van der Waals surface area contributed by atoms with Crippen molar-refractivity contribution in [1.82, 2.24) is 24.5 Å². The van der Waals surface area contributed by atoms with Gasteiger partial charge in [0.1, 0.15) is 0 Å². The first-order chi connectivity index (χ1) is 32.7. The first-order valence-corrected chi connectivity index (χ1v) is 30.3. The Morgan fingerprint density at radius 1 is 0.431 bits per heavy atom. The molecule has 0 aromatic rings. The summed E-state index contributed by atoms with van der Waals surface area (Å²) < 4.78 is 24.9. The van der Waals surface area contributed by atoms with Crippen LogP contribution in [0, 0.1) is 22.7 Å². The third-order valence-corrected chi connectivity index (χ3v) is 17.9. The van der Waals surface area contributed by atoms with Crippen molar-refractivity contribution < 1.29 is 8.78 Å². The minimum Gasteiger partial charge on any atom is -0.325 e. The van der Waals surface area contributed by atoms with Gasteiger partial charge in [-0.3, -0.25) is 24.5 Å². The monoisotopic (exact) mass is 1020 g/mol. The van der Waals surface area contributed by atoms with Crippen molar-refractivity contribution in [1.29, 1.82) is 0 Å². The van der Waals surface area contributed by atoms with Crippen LogP contribution in [0.25, 0.3) is 0 Å². The molecule has 0 radical (unpaired) electrons. The molecule has 5 aliphatic heterocycles. The van der Waals surface area contributed by atoms with Crippen molar-refractivity contribution in [3.05, 3.63) is 0 Å². The summed E-state index contributed by atoms with van der Waals surface area (Å²) >= 11 is 0. The Bertz CT molecular complexity index is 1390. The molecule has 4 atom stereocenters. The molecule has 5 saturated heterocycles. The number of likely N-dealkylation sites (tertiary alicyclic amines) is 5. The maximum atomic E-state index is 12.4. The van der Waals surface area contributed by atoms with Crippen LogP contribution in [0.5, 0.6) is 0 Å². The number of rotatable bonds is 6. The molecule has 4 N–H and O–H groups in total. The zero-order chi connectivity index (χ0) is 55.6. The third kappa shape index (κ3) is 28.3. The van der Waals surface area contributed by atoms with E-state index in [1.54, 1.807) is 0 Å². The molecule has 7 nitrogen and oxygen atoms in total. The van der Waals surface area contributed by atoms with E-state index in [1.807, 2.05) is 0 Å². The van der Waals surface area contributed by atoms with E-state index in [9.17, 15) is 8.78 Å². The smallest absolute Gasteiger partial charge is 0.240 e. The molecule has 0 aromatic carbocycles. The van der Waals surface area contributed by atoms with Gasteiger partial charge in [-0.1, -0.05) is 61.3 Å². The van der Waals surface area contributed by atoms with Gasteiger partial charge in [0.25, 0.3) is 0 Å². The number of hydrogen-bond donors (Lipinski definition) is 2. The number of alkyl halides is 2. The normalized spacial score (nSPS) is 28.8. The van der Waals surface area contributed by atoms with Crippen molar-refractivity contribution in [2.75, 3.05) is 65.4 Å². The predicted octanol–water partition coefficient (Wildman–Crippen LogP) is 15.9. The number of halogens is 2. The number of hydrogen-bond acceptors (Lipinski definition) is 7. The molecule has 5 aliphatic rings. The average Bonchev–Trinajstić information content (AvgIpc) is 3.80. The highest BCUT2D eigenvalue weighted by Gasteiger charge is 2.36. The maximum absolute atomic E-state index is 12.4. The third-order valence-electron chi connectivity index (χ3n) is 17.9. The van der Waals surface area contributed by atoms with Crippen LogP contribution in [0.15, 0.2) is 0 Å². The molecule has 432 valence electrons. The standard InChI is InChI=1S/C14H30N2.C13H27N.C12H24F2N2.2C12H25N/c1-12(2)11-14(15)7-6-9-16(10-8-14)13(3,4)5;1-6-13(5)8-7-10-14(11-9-13)12(2,3)4;1-11(2,3)16-7-4-5-12(15,6-8-16)9-10(13)14;1-11(2,3)13-9-6-7-12(4,5)8-10-13;1-5-11-7-6-9-13(10-8-11)12(2,3)4/h12H,6-11,15H2,1-5H3;6-11H2,1-5H3;10H,4-9,15H2,1-3H3;6-10H2,1-5H3;11H,5-10H2,1-4H3/t;;12-;;/m..1../s1. The van der Waals surface area contributed by atoms with Crippen molar-refractivity contribution in [3.63, 3.8) is 0 Å². The quantitative estimate of drug-likeness (QED) is 0.275. The largest absolute Gasteiger partial charge is 0.325 e. The summed E-state index contributed by atoms with van der Waals surface area (Å²) in [6.07, 6.45) is 19.9. The molecule has 5 fully saturated rings. The van der Waals surface area contributed by atoms with E-state index in [2.05, 4.69) is 177 Å². The summed E-state index contributed by atoms with van der Waals surface area (Å²) in [5.74, 6) is 1.71. The van der Waals surface area contributed by atoms with E-state index in [-0.39, 0.29) is 17.5 Å². The molecule has 0 aliphatic carbocycles. The highest BCUT2D eigenvalue weighted by Crippen LogP contribution is 2.36. The van der Waals surface area contributed by atoms with E-state index in [4.69, 9.17) is 11.5 Å². The van der Waals surface area contributed by atoms with E-state index < -0.39 is 12.0 Å². The maximum Gasteiger partial charge on any atom is 0.240 e.